The Kier molecular flexibility index (Phi) is 7.67. The minimum atomic E-state index is -4.06. The molecular formula is C23H29ClN6O5S. The van der Waals surface area contributed by atoms with Gasteiger partial charge in [0.15, 0.2) is 5.82 Å². The van der Waals surface area contributed by atoms with Crippen LogP contribution < -0.4 is 14.2 Å². The van der Waals surface area contributed by atoms with E-state index >= 15 is 0 Å². The van der Waals surface area contributed by atoms with Gasteiger partial charge >= 0.3 is 0 Å². The van der Waals surface area contributed by atoms with E-state index in [2.05, 4.69) is 31.8 Å². The fourth-order valence-corrected chi connectivity index (χ4v) is 5.51. The highest BCUT2D eigenvalue weighted by atomic mass is 35.5. The lowest BCUT2D eigenvalue weighted by molar-refractivity contribution is 0.0950. The Balaban J connectivity index is 1.78. The van der Waals surface area contributed by atoms with Crippen molar-refractivity contribution in [1.29, 1.82) is 0 Å². The van der Waals surface area contributed by atoms with Gasteiger partial charge in [0.05, 0.1) is 19.2 Å². The Labute approximate surface area is 215 Å². The van der Waals surface area contributed by atoms with Gasteiger partial charge in [0.25, 0.3) is 0 Å². The number of para-hydroxylation sites is 1. The molecule has 0 unspecified atom stereocenters. The summed E-state index contributed by atoms with van der Waals surface area (Å²) < 4.78 is 48.0. The van der Waals surface area contributed by atoms with Crippen LogP contribution in [0.4, 0.5) is 5.95 Å². The molecule has 3 aromatic rings. The molecule has 1 saturated carbocycles. The molecule has 36 heavy (non-hydrogen) atoms. The van der Waals surface area contributed by atoms with E-state index in [0.717, 1.165) is 12.8 Å². The van der Waals surface area contributed by atoms with Crippen molar-refractivity contribution in [1.82, 2.24) is 24.7 Å². The molecule has 0 bridgehead atoms. The maximum absolute atomic E-state index is 13.5. The molecule has 0 amide bonds. The van der Waals surface area contributed by atoms with Crippen LogP contribution >= 0.6 is 11.6 Å². The Bertz CT molecular complexity index is 1290. The first-order chi connectivity index (χ1) is 17.2. The molecule has 11 nitrogen and oxygen atoms in total. The monoisotopic (exact) mass is 536 g/mol. The molecule has 1 fully saturated rings. The molecule has 2 aromatic heterocycles. The number of rotatable bonds is 10. The summed E-state index contributed by atoms with van der Waals surface area (Å²) in [5.74, 6) is 2.29. The van der Waals surface area contributed by atoms with E-state index in [1.165, 1.54) is 40.6 Å². The first kappa shape index (κ1) is 26.1. The van der Waals surface area contributed by atoms with Crippen LogP contribution in [0.5, 0.6) is 11.5 Å². The highest BCUT2D eigenvalue weighted by Crippen LogP contribution is 2.45. The standard InChI is InChI=1S/C23H29ClN6O5S/c1-13-9-10-16(13)22-27-28-23(30(22)19-17(33-3)7-6-8-18(19)34-4)29-36(31,32)14(2)20(35-5)21-25-11-15(24)12-26-21/h6-8,11-14,16,20H,9-10H2,1-5H3,(H,28,29)/t13-,14+,16+,20+/m1/s1. The third-order valence-electron chi connectivity index (χ3n) is 6.56. The van der Waals surface area contributed by atoms with E-state index in [9.17, 15) is 8.42 Å². The summed E-state index contributed by atoms with van der Waals surface area (Å²) >= 11 is 5.88. The summed E-state index contributed by atoms with van der Waals surface area (Å²) in [6, 6.07) is 5.33. The second-order valence-electron chi connectivity index (χ2n) is 8.66. The van der Waals surface area contributed by atoms with Crippen molar-refractivity contribution in [3.8, 4) is 17.2 Å². The van der Waals surface area contributed by atoms with Crippen molar-refractivity contribution in [2.24, 2.45) is 5.92 Å². The second-order valence-corrected chi connectivity index (χ2v) is 11.1. The predicted octanol–water partition coefficient (Wildman–Crippen LogP) is 3.76. The summed E-state index contributed by atoms with van der Waals surface area (Å²) in [4.78, 5) is 8.26. The number of aromatic nitrogens is 5. The quantitative estimate of drug-likeness (QED) is 0.411. The third-order valence-corrected chi connectivity index (χ3v) is 8.45. The van der Waals surface area contributed by atoms with Gasteiger partial charge in [-0.2, -0.15) is 0 Å². The van der Waals surface area contributed by atoms with Gasteiger partial charge in [-0.05, 0) is 37.8 Å². The van der Waals surface area contributed by atoms with Crippen LogP contribution in [-0.2, 0) is 14.8 Å². The molecule has 0 saturated heterocycles. The number of sulfonamides is 1. The van der Waals surface area contributed by atoms with Crippen molar-refractivity contribution >= 4 is 27.6 Å². The van der Waals surface area contributed by atoms with Gasteiger partial charge in [-0.3, -0.25) is 9.29 Å². The highest BCUT2D eigenvalue weighted by Gasteiger charge is 2.38. The number of nitrogens with zero attached hydrogens (tertiary/aromatic N) is 5. The highest BCUT2D eigenvalue weighted by molar-refractivity contribution is 7.93. The largest absolute Gasteiger partial charge is 0.494 e. The second kappa shape index (κ2) is 10.6. The molecular weight excluding hydrogens is 508 g/mol. The topological polar surface area (TPSA) is 130 Å². The van der Waals surface area contributed by atoms with Gasteiger partial charge in [-0.1, -0.05) is 24.6 Å². The average Bonchev–Trinajstić information content (AvgIpc) is 3.24. The van der Waals surface area contributed by atoms with Crippen LogP contribution in [0.2, 0.25) is 5.02 Å². The van der Waals surface area contributed by atoms with E-state index in [-0.39, 0.29) is 17.7 Å². The fraction of sp³-hybridized carbons (Fsp3) is 0.478. The first-order valence-corrected chi connectivity index (χ1v) is 13.3. The number of methoxy groups -OCH3 is 3. The zero-order valence-corrected chi connectivity index (χ0v) is 22.2. The maximum atomic E-state index is 13.5. The van der Waals surface area contributed by atoms with Gasteiger partial charge in [0.1, 0.15) is 34.4 Å². The molecule has 1 aliphatic carbocycles. The van der Waals surface area contributed by atoms with Gasteiger partial charge < -0.3 is 14.2 Å². The van der Waals surface area contributed by atoms with E-state index < -0.39 is 21.4 Å². The van der Waals surface area contributed by atoms with Crippen molar-refractivity contribution in [2.45, 2.75) is 44.0 Å². The van der Waals surface area contributed by atoms with E-state index in [0.29, 0.717) is 34.0 Å². The lowest BCUT2D eigenvalue weighted by Crippen LogP contribution is -2.33. The van der Waals surface area contributed by atoms with Crippen molar-refractivity contribution in [3.63, 3.8) is 0 Å². The molecule has 0 spiro atoms. The Morgan fingerprint density at radius 3 is 2.22 bits per heavy atom. The van der Waals surface area contributed by atoms with Crippen molar-refractivity contribution < 1.29 is 22.6 Å². The van der Waals surface area contributed by atoms with Crippen LogP contribution in [0.1, 0.15) is 50.4 Å². The Morgan fingerprint density at radius 1 is 1.08 bits per heavy atom. The SMILES string of the molecule is COc1cccc(OC)c1-n1c(NS(=O)(=O)[C@@H](C)[C@H](OC)c2ncc(Cl)cn2)nnc1[C@H]1CC[C@H]1C. The molecule has 4 atom stereocenters. The maximum Gasteiger partial charge on any atom is 0.243 e. The lowest BCUT2D eigenvalue weighted by atomic mass is 9.74. The Hall–Kier alpha value is -2.96. The number of halogens is 1. The van der Waals surface area contributed by atoms with Gasteiger partial charge in [-0.15, -0.1) is 10.2 Å². The molecule has 1 aromatic carbocycles. The van der Waals surface area contributed by atoms with Gasteiger partial charge in [0, 0.05) is 25.4 Å². The molecule has 194 valence electrons. The zero-order chi connectivity index (χ0) is 26.0. The third kappa shape index (κ3) is 4.84. The fourth-order valence-electron chi connectivity index (χ4n) is 4.28. The summed E-state index contributed by atoms with van der Waals surface area (Å²) in [5.41, 5.74) is 0.510. The molecule has 0 aliphatic heterocycles. The molecule has 1 N–H and O–H groups in total. The molecule has 13 heteroatoms. The summed E-state index contributed by atoms with van der Waals surface area (Å²) in [7, 11) is 0.410. The molecule has 1 aliphatic rings. The van der Waals surface area contributed by atoms with E-state index in [1.54, 1.807) is 22.8 Å². The van der Waals surface area contributed by atoms with Crippen molar-refractivity contribution in [3.05, 3.63) is 47.3 Å². The number of benzene rings is 1. The molecule has 2 heterocycles. The van der Waals surface area contributed by atoms with Crippen LogP contribution in [0, 0.1) is 5.92 Å². The zero-order valence-electron chi connectivity index (χ0n) is 20.7. The van der Waals surface area contributed by atoms with Gasteiger partial charge in [-0.25, -0.2) is 18.4 Å². The van der Waals surface area contributed by atoms with Crippen LogP contribution in [-0.4, -0.2) is 59.7 Å². The van der Waals surface area contributed by atoms with Gasteiger partial charge in [0.2, 0.25) is 16.0 Å². The van der Waals surface area contributed by atoms with Crippen LogP contribution in [0.25, 0.3) is 5.69 Å². The number of ether oxygens (including phenoxy) is 3. The predicted molar refractivity (Wildman–Crippen MR) is 134 cm³/mol. The number of hydrogen-bond acceptors (Lipinski definition) is 9. The number of anilines is 1. The minimum Gasteiger partial charge on any atom is -0.494 e. The minimum absolute atomic E-state index is 0.0191. The lowest BCUT2D eigenvalue weighted by Gasteiger charge is -2.33. The molecule has 4 rings (SSSR count). The van der Waals surface area contributed by atoms with Crippen LogP contribution in [0.3, 0.4) is 0 Å². The van der Waals surface area contributed by atoms with E-state index in [1.807, 2.05) is 0 Å². The van der Waals surface area contributed by atoms with Crippen molar-refractivity contribution in [2.75, 3.05) is 26.1 Å². The number of nitrogens with one attached hydrogen (secondary N) is 1. The Morgan fingerprint density at radius 2 is 1.72 bits per heavy atom. The molecule has 0 radical (unpaired) electrons. The summed E-state index contributed by atoms with van der Waals surface area (Å²) in [6.07, 6.45) is 3.79. The first-order valence-electron chi connectivity index (χ1n) is 11.4. The number of hydrogen-bond donors (Lipinski definition) is 1. The smallest absolute Gasteiger partial charge is 0.243 e. The normalized spacial score (nSPS) is 19.3. The summed E-state index contributed by atoms with van der Waals surface area (Å²) in [6.45, 7) is 3.64. The van der Waals surface area contributed by atoms with E-state index in [4.69, 9.17) is 25.8 Å². The average molecular weight is 537 g/mol. The summed E-state index contributed by atoms with van der Waals surface area (Å²) in [5, 5.41) is 7.88. The van der Waals surface area contributed by atoms with Crippen LogP contribution in [0.15, 0.2) is 30.6 Å².